The van der Waals surface area contributed by atoms with Gasteiger partial charge >= 0.3 is 0 Å². The Morgan fingerprint density at radius 2 is 1.96 bits per heavy atom. The van der Waals surface area contributed by atoms with Crippen LogP contribution in [0.5, 0.6) is 0 Å². The molecule has 8 heteroatoms. The van der Waals surface area contributed by atoms with Crippen molar-refractivity contribution in [3.8, 4) is 5.13 Å². The van der Waals surface area contributed by atoms with Crippen molar-refractivity contribution in [2.75, 3.05) is 5.32 Å². The fourth-order valence-electron chi connectivity index (χ4n) is 2.37. The Hall–Kier alpha value is -2.74. The average Bonchev–Trinajstić information content (AvgIpc) is 3.03. The third kappa shape index (κ3) is 3.53. The van der Waals surface area contributed by atoms with Gasteiger partial charge in [0.05, 0.1) is 12.1 Å². The number of rotatable bonds is 4. The molecule has 0 bridgehead atoms. The highest BCUT2D eigenvalue weighted by molar-refractivity contribution is 7.14. The van der Waals surface area contributed by atoms with E-state index in [-0.39, 0.29) is 23.7 Å². The molecule has 3 aromatic rings. The minimum atomic E-state index is -0.378. The van der Waals surface area contributed by atoms with Crippen LogP contribution in [0.2, 0.25) is 0 Å². The molecule has 1 aromatic carbocycles. The fourth-order valence-corrected chi connectivity index (χ4v) is 3.24. The molecule has 0 spiro atoms. The van der Waals surface area contributed by atoms with E-state index < -0.39 is 0 Å². The molecule has 130 valence electrons. The molecule has 0 aliphatic heterocycles. The Labute approximate surface area is 147 Å². The van der Waals surface area contributed by atoms with Gasteiger partial charge in [-0.25, -0.2) is 9.37 Å². The zero-order chi connectivity index (χ0) is 18.1. The second-order valence-corrected chi connectivity index (χ2v) is 6.91. The van der Waals surface area contributed by atoms with Gasteiger partial charge in [0.2, 0.25) is 11.0 Å². The number of amides is 1. The standard InChI is InChI=1S/C17H17FN4O2S/c1-9-11(3)25-17(19-9)22-16(24)14(10(2)21-22)8-15(23)20-13-6-4-12(18)5-7-13/h4-7,21H,8H2,1-3H3,(H,20,23). The van der Waals surface area contributed by atoms with Gasteiger partial charge in [0.15, 0.2) is 0 Å². The molecule has 25 heavy (non-hydrogen) atoms. The van der Waals surface area contributed by atoms with Crippen LogP contribution in [0.1, 0.15) is 21.8 Å². The van der Waals surface area contributed by atoms with Crippen LogP contribution < -0.4 is 10.9 Å². The van der Waals surface area contributed by atoms with Crippen LogP contribution in [0.15, 0.2) is 29.1 Å². The van der Waals surface area contributed by atoms with Crippen LogP contribution >= 0.6 is 11.3 Å². The number of hydrogen-bond donors (Lipinski definition) is 2. The van der Waals surface area contributed by atoms with Gasteiger partial charge in [-0.1, -0.05) is 11.3 Å². The molecule has 0 unspecified atom stereocenters. The summed E-state index contributed by atoms with van der Waals surface area (Å²) in [5.41, 5.74) is 2.05. The van der Waals surface area contributed by atoms with Crippen molar-refractivity contribution in [3.05, 3.63) is 62.3 Å². The van der Waals surface area contributed by atoms with Gasteiger partial charge in [0, 0.05) is 21.8 Å². The SMILES string of the molecule is Cc1nc(-n2[nH]c(C)c(CC(=O)Nc3ccc(F)cc3)c2=O)sc1C. The number of halogens is 1. The maximum absolute atomic E-state index is 12.9. The smallest absolute Gasteiger partial charge is 0.277 e. The van der Waals surface area contributed by atoms with Crippen molar-refractivity contribution in [1.82, 2.24) is 14.8 Å². The van der Waals surface area contributed by atoms with E-state index in [1.54, 1.807) is 6.92 Å². The van der Waals surface area contributed by atoms with E-state index in [1.165, 1.54) is 40.3 Å². The normalized spacial score (nSPS) is 10.9. The highest BCUT2D eigenvalue weighted by Crippen LogP contribution is 2.19. The lowest BCUT2D eigenvalue weighted by atomic mass is 10.2. The lowest BCUT2D eigenvalue weighted by molar-refractivity contribution is -0.115. The molecule has 2 aromatic heterocycles. The van der Waals surface area contributed by atoms with E-state index in [2.05, 4.69) is 15.4 Å². The van der Waals surface area contributed by atoms with Crippen molar-refractivity contribution < 1.29 is 9.18 Å². The molecule has 0 aliphatic rings. The summed E-state index contributed by atoms with van der Waals surface area (Å²) in [6, 6.07) is 5.46. The zero-order valence-electron chi connectivity index (χ0n) is 14.0. The lowest BCUT2D eigenvalue weighted by Crippen LogP contribution is -2.22. The molecule has 2 heterocycles. The number of aromatic nitrogens is 3. The number of anilines is 1. The van der Waals surface area contributed by atoms with E-state index in [1.807, 2.05) is 13.8 Å². The second-order valence-electron chi connectivity index (χ2n) is 5.73. The predicted molar refractivity (Wildman–Crippen MR) is 95.0 cm³/mol. The van der Waals surface area contributed by atoms with Crippen LogP contribution in [0.25, 0.3) is 5.13 Å². The van der Waals surface area contributed by atoms with Crippen molar-refractivity contribution >= 4 is 22.9 Å². The first-order valence-corrected chi connectivity index (χ1v) is 8.47. The van der Waals surface area contributed by atoms with E-state index >= 15 is 0 Å². The zero-order valence-corrected chi connectivity index (χ0v) is 14.8. The monoisotopic (exact) mass is 360 g/mol. The van der Waals surface area contributed by atoms with Crippen LogP contribution in [-0.2, 0) is 11.2 Å². The van der Waals surface area contributed by atoms with Crippen molar-refractivity contribution in [2.45, 2.75) is 27.2 Å². The minimum Gasteiger partial charge on any atom is -0.326 e. The largest absolute Gasteiger partial charge is 0.326 e. The molecule has 0 radical (unpaired) electrons. The van der Waals surface area contributed by atoms with Gasteiger partial charge in [-0.3, -0.25) is 14.7 Å². The number of carbonyl (C=O) groups is 1. The van der Waals surface area contributed by atoms with Crippen LogP contribution in [0, 0.1) is 26.6 Å². The summed E-state index contributed by atoms with van der Waals surface area (Å²) < 4.78 is 14.3. The maximum atomic E-state index is 12.9. The average molecular weight is 360 g/mol. The third-order valence-corrected chi connectivity index (χ3v) is 4.93. The van der Waals surface area contributed by atoms with Crippen molar-refractivity contribution in [3.63, 3.8) is 0 Å². The summed E-state index contributed by atoms with van der Waals surface area (Å²) in [6.07, 6.45) is -0.0745. The Kier molecular flexibility index (Phi) is 4.54. The van der Waals surface area contributed by atoms with Gasteiger partial charge in [-0.15, -0.1) is 0 Å². The Morgan fingerprint density at radius 1 is 1.28 bits per heavy atom. The number of H-pyrrole nitrogens is 1. The van der Waals surface area contributed by atoms with E-state index in [0.717, 1.165) is 10.6 Å². The Bertz CT molecular complexity index is 966. The molecular formula is C17H17FN4O2S. The van der Waals surface area contributed by atoms with E-state index in [4.69, 9.17) is 0 Å². The number of aromatic amines is 1. The van der Waals surface area contributed by atoms with Crippen molar-refractivity contribution in [1.29, 1.82) is 0 Å². The molecule has 0 atom stereocenters. The summed E-state index contributed by atoms with van der Waals surface area (Å²) in [6.45, 7) is 5.56. The molecule has 0 saturated carbocycles. The number of nitrogens with one attached hydrogen (secondary N) is 2. The second kappa shape index (κ2) is 6.64. The first kappa shape index (κ1) is 17.1. The Balaban J connectivity index is 1.82. The summed E-state index contributed by atoms with van der Waals surface area (Å²) in [5, 5.41) is 6.17. The molecular weight excluding hydrogens is 343 g/mol. The van der Waals surface area contributed by atoms with Gasteiger partial charge in [0.1, 0.15) is 5.82 Å². The number of aryl methyl sites for hydroxylation is 3. The predicted octanol–water partition coefficient (Wildman–Crippen LogP) is 2.87. The van der Waals surface area contributed by atoms with Gasteiger partial charge < -0.3 is 5.32 Å². The molecule has 3 rings (SSSR count). The van der Waals surface area contributed by atoms with Crippen LogP contribution in [-0.4, -0.2) is 20.7 Å². The third-order valence-electron chi connectivity index (χ3n) is 3.87. The lowest BCUT2D eigenvalue weighted by Gasteiger charge is -2.04. The number of hydrogen-bond acceptors (Lipinski definition) is 4. The minimum absolute atomic E-state index is 0.0745. The first-order valence-electron chi connectivity index (χ1n) is 7.65. The van der Waals surface area contributed by atoms with Gasteiger partial charge in [0.25, 0.3) is 5.56 Å². The summed E-state index contributed by atoms with van der Waals surface area (Å²) in [4.78, 5) is 30.2. The number of nitrogens with zero attached hydrogens (tertiary/aromatic N) is 2. The van der Waals surface area contributed by atoms with Gasteiger partial charge in [-0.2, -0.15) is 4.68 Å². The first-order chi connectivity index (χ1) is 11.8. The van der Waals surface area contributed by atoms with E-state index in [9.17, 15) is 14.0 Å². The quantitative estimate of drug-likeness (QED) is 0.751. The highest BCUT2D eigenvalue weighted by Gasteiger charge is 2.18. The van der Waals surface area contributed by atoms with Crippen LogP contribution in [0.4, 0.5) is 10.1 Å². The molecule has 0 saturated heterocycles. The molecule has 2 N–H and O–H groups in total. The van der Waals surface area contributed by atoms with Crippen molar-refractivity contribution in [2.24, 2.45) is 0 Å². The van der Waals surface area contributed by atoms with Gasteiger partial charge in [-0.05, 0) is 45.0 Å². The fraction of sp³-hybridized carbons (Fsp3) is 0.235. The topological polar surface area (TPSA) is 79.8 Å². The number of carbonyl (C=O) groups excluding carboxylic acids is 1. The molecule has 1 amide bonds. The molecule has 0 aliphatic carbocycles. The molecule has 0 fully saturated rings. The molecule has 6 nitrogen and oxygen atoms in total. The summed E-state index contributed by atoms with van der Waals surface area (Å²) in [7, 11) is 0. The number of benzene rings is 1. The highest BCUT2D eigenvalue weighted by atomic mass is 32.1. The summed E-state index contributed by atoms with van der Waals surface area (Å²) >= 11 is 1.41. The maximum Gasteiger partial charge on any atom is 0.277 e. The van der Waals surface area contributed by atoms with E-state index in [0.29, 0.717) is 22.1 Å². The summed E-state index contributed by atoms with van der Waals surface area (Å²) in [5.74, 6) is -0.721. The van der Waals surface area contributed by atoms with Crippen LogP contribution in [0.3, 0.4) is 0 Å². The number of thiazole rings is 1. The Morgan fingerprint density at radius 3 is 2.56 bits per heavy atom.